The number of nitrogens with zero attached hydrogens (tertiary/aromatic N) is 5. The minimum Gasteiger partial charge on any atom is -0.369 e. The van der Waals surface area contributed by atoms with Gasteiger partial charge in [-0.25, -0.2) is 8.96 Å². The summed E-state index contributed by atoms with van der Waals surface area (Å²) in [7, 11) is -4.04. The highest BCUT2D eigenvalue weighted by atomic mass is 35.5. The maximum atomic E-state index is 13.5. The number of imidazole rings is 1. The van der Waals surface area contributed by atoms with E-state index in [-0.39, 0.29) is 16.1 Å². The number of rotatable bonds is 4. The predicted molar refractivity (Wildman–Crippen MR) is 111 cm³/mol. The van der Waals surface area contributed by atoms with Crippen LogP contribution in [0.2, 0.25) is 5.15 Å². The van der Waals surface area contributed by atoms with Crippen LogP contribution in [0.4, 0.5) is 0 Å². The van der Waals surface area contributed by atoms with Gasteiger partial charge in [0.2, 0.25) is 11.0 Å². The molecule has 1 aromatic carbocycles. The topological polar surface area (TPSA) is 133 Å². The van der Waals surface area contributed by atoms with Gasteiger partial charge in [-0.2, -0.15) is 13.5 Å². The lowest BCUT2D eigenvalue weighted by Gasteiger charge is -2.06. The van der Waals surface area contributed by atoms with E-state index in [1.807, 2.05) is 0 Å². The van der Waals surface area contributed by atoms with Crippen LogP contribution < -0.4 is 11.5 Å². The van der Waals surface area contributed by atoms with Crippen molar-refractivity contribution in [3.05, 3.63) is 52.8 Å². The average Bonchev–Trinajstić information content (AvgIpc) is 3.31. The number of guanidine groups is 1. The lowest BCUT2D eigenvalue weighted by Crippen LogP contribution is -2.22. The van der Waals surface area contributed by atoms with Gasteiger partial charge < -0.3 is 11.5 Å². The van der Waals surface area contributed by atoms with Crippen LogP contribution in [0, 0.1) is 0 Å². The summed E-state index contributed by atoms with van der Waals surface area (Å²) in [6.45, 7) is 1.69. The fourth-order valence-corrected chi connectivity index (χ4v) is 5.67. The molecule has 4 N–H and O–H groups in total. The van der Waals surface area contributed by atoms with E-state index in [4.69, 9.17) is 23.1 Å². The standard InChI is InChI=1S/C16H14ClN7O2S2/c1-9(21-22-15(18)19)11-8-24(12-5-3-2-4-10(11)12)28(25,26)14-13(17)20-16-23(14)6-7-27-16/h2-8H,1H3,(H4,18,19,22)/b21-9+. The van der Waals surface area contributed by atoms with Crippen molar-refractivity contribution in [2.24, 2.45) is 21.7 Å². The number of hydrogen-bond acceptors (Lipinski definition) is 6. The molecule has 12 heteroatoms. The van der Waals surface area contributed by atoms with E-state index in [0.29, 0.717) is 27.1 Å². The molecule has 3 heterocycles. The van der Waals surface area contributed by atoms with Gasteiger partial charge in [0, 0.05) is 28.7 Å². The third-order valence-electron chi connectivity index (χ3n) is 4.07. The number of halogens is 1. The first kappa shape index (κ1) is 18.5. The van der Waals surface area contributed by atoms with E-state index in [9.17, 15) is 8.42 Å². The van der Waals surface area contributed by atoms with Crippen molar-refractivity contribution >= 4 is 60.5 Å². The number of thiazole rings is 1. The second-order valence-electron chi connectivity index (χ2n) is 5.83. The van der Waals surface area contributed by atoms with Crippen LogP contribution in [0.5, 0.6) is 0 Å². The first-order valence-electron chi connectivity index (χ1n) is 7.91. The Kier molecular flexibility index (Phi) is 4.37. The molecule has 0 unspecified atom stereocenters. The molecule has 4 aromatic rings. The summed E-state index contributed by atoms with van der Waals surface area (Å²) in [4.78, 5) is 4.61. The molecule has 0 aliphatic carbocycles. The molecule has 0 saturated carbocycles. The van der Waals surface area contributed by atoms with Crippen LogP contribution in [-0.4, -0.2) is 33.4 Å². The van der Waals surface area contributed by atoms with E-state index in [0.717, 1.165) is 0 Å². The molecule has 144 valence electrons. The SMILES string of the molecule is C/C(=N\N=C(N)N)c1cn(S(=O)(=O)c2c(Cl)nc3sccn23)c2ccccc12. The molecule has 0 saturated heterocycles. The van der Waals surface area contributed by atoms with Crippen LogP contribution in [0.1, 0.15) is 12.5 Å². The summed E-state index contributed by atoms with van der Waals surface area (Å²) in [6, 6.07) is 7.05. The molecule has 9 nitrogen and oxygen atoms in total. The normalized spacial score (nSPS) is 12.7. The van der Waals surface area contributed by atoms with Gasteiger partial charge in [0.05, 0.1) is 11.2 Å². The van der Waals surface area contributed by atoms with Crippen LogP contribution >= 0.6 is 22.9 Å². The maximum absolute atomic E-state index is 13.5. The number of hydrogen-bond donors (Lipinski definition) is 2. The smallest absolute Gasteiger partial charge is 0.287 e. The summed E-state index contributed by atoms with van der Waals surface area (Å²) >= 11 is 7.45. The Morgan fingerprint density at radius 2 is 2.00 bits per heavy atom. The van der Waals surface area contributed by atoms with Crippen molar-refractivity contribution < 1.29 is 8.42 Å². The fourth-order valence-electron chi connectivity index (χ4n) is 2.89. The van der Waals surface area contributed by atoms with E-state index < -0.39 is 10.0 Å². The minimum atomic E-state index is -4.04. The van der Waals surface area contributed by atoms with Gasteiger partial charge in [-0.15, -0.1) is 16.4 Å². The van der Waals surface area contributed by atoms with Gasteiger partial charge in [0.25, 0.3) is 10.0 Å². The van der Waals surface area contributed by atoms with Gasteiger partial charge in [0.15, 0.2) is 10.1 Å². The van der Waals surface area contributed by atoms with Crippen molar-refractivity contribution in [3.8, 4) is 0 Å². The lowest BCUT2D eigenvalue weighted by atomic mass is 10.1. The summed E-state index contributed by atoms with van der Waals surface area (Å²) < 4.78 is 29.5. The van der Waals surface area contributed by atoms with Crippen molar-refractivity contribution in [1.29, 1.82) is 0 Å². The Hall–Kier alpha value is -2.89. The first-order chi connectivity index (χ1) is 13.3. The molecule has 0 fully saturated rings. The number of nitrogens with two attached hydrogens (primary N) is 2. The summed E-state index contributed by atoms with van der Waals surface area (Å²) in [6.07, 6.45) is 3.09. The molecule has 0 aliphatic heterocycles. The Labute approximate surface area is 168 Å². The molecule has 3 aromatic heterocycles. The van der Waals surface area contributed by atoms with Crippen LogP contribution in [0.25, 0.3) is 15.9 Å². The third kappa shape index (κ3) is 2.84. The maximum Gasteiger partial charge on any atom is 0.287 e. The Morgan fingerprint density at radius 1 is 1.25 bits per heavy atom. The van der Waals surface area contributed by atoms with E-state index in [1.165, 1.54) is 25.9 Å². The van der Waals surface area contributed by atoms with Gasteiger partial charge in [-0.1, -0.05) is 29.8 Å². The average molecular weight is 436 g/mol. The second-order valence-corrected chi connectivity index (χ2v) is 8.80. The van der Waals surface area contributed by atoms with Crippen LogP contribution in [-0.2, 0) is 10.0 Å². The molecule has 0 spiro atoms. The highest BCUT2D eigenvalue weighted by Gasteiger charge is 2.29. The zero-order chi connectivity index (χ0) is 20.1. The lowest BCUT2D eigenvalue weighted by molar-refractivity contribution is 0.584. The van der Waals surface area contributed by atoms with Gasteiger partial charge in [0.1, 0.15) is 0 Å². The Morgan fingerprint density at radius 3 is 2.75 bits per heavy atom. The van der Waals surface area contributed by atoms with Crippen molar-refractivity contribution in [3.63, 3.8) is 0 Å². The molecular weight excluding hydrogens is 422 g/mol. The molecule has 0 radical (unpaired) electrons. The summed E-state index contributed by atoms with van der Waals surface area (Å²) in [5.74, 6) is -0.193. The number of para-hydroxylation sites is 1. The monoisotopic (exact) mass is 435 g/mol. The van der Waals surface area contributed by atoms with Gasteiger partial charge in [-0.05, 0) is 13.0 Å². The molecule has 4 rings (SSSR count). The molecule has 0 aliphatic rings. The zero-order valence-electron chi connectivity index (χ0n) is 14.4. The quantitative estimate of drug-likeness (QED) is 0.288. The first-order valence-corrected chi connectivity index (χ1v) is 10.6. The highest BCUT2D eigenvalue weighted by Crippen LogP contribution is 2.31. The summed E-state index contributed by atoms with van der Waals surface area (Å²) in [5, 5.41) is 9.84. The molecule has 0 amide bonds. The molecule has 28 heavy (non-hydrogen) atoms. The van der Waals surface area contributed by atoms with E-state index in [2.05, 4.69) is 15.2 Å². The minimum absolute atomic E-state index is 0.0860. The Bertz CT molecular complexity index is 1370. The van der Waals surface area contributed by atoms with Crippen molar-refractivity contribution in [2.75, 3.05) is 0 Å². The number of aromatic nitrogens is 3. The molecular formula is C16H14ClN7O2S2. The number of fused-ring (bicyclic) bond motifs is 2. The summed E-state index contributed by atoms with van der Waals surface area (Å²) in [5.41, 5.74) is 12.2. The van der Waals surface area contributed by atoms with Gasteiger partial charge >= 0.3 is 0 Å². The second kappa shape index (κ2) is 6.62. The van der Waals surface area contributed by atoms with E-state index in [1.54, 1.807) is 42.8 Å². The number of benzene rings is 1. The van der Waals surface area contributed by atoms with Crippen molar-refractivity contribution in [1.82, 2.24) is 13.4 Å². The van der Waals surface area contributed by atoms with E-state index >= 15 is 0 Å². The third-order valence-corrected chi connectivity index (χ3v) is 6.90. The largest absolute Gasteiger partial charge is 0.369 e. The predicted octanol–water partition coefficient (Wildman–Crippen LogP) is 2.24. The molecule has 0 atom stereocenters. The van der Waals surface area contributed by atoms with Gasteiger partial charge in [-0.3, -0.25) is 4.40 Å². The van der Waals surface area contributed by atoms with Crippen molar-refractivity contribution in [2.45, 2.75) is 11.9 Å². The fraction of sp³-hybridized carbons (Fsp3) is 0.0625. The zero-order valence-corrected chi connectivity index (χ0v) is 16.8. The highest BCUT2D eigenvalue weighted by molar-refractivity contribution is 7.90. The molecule has 0 bridgehead atoms. The Balaban J connectivity index is 2.00. The van der Waals surface area contributed by atoms with Crippen LogP contribution in [0.15, 0.2) is 57.3 Å². The van der Waals surface area contributed by atoms with Crippen LogP contribution in [0.3, 0.4) is 0 Å².